The number of anilines is 1. The third-order valence-corrected chi connectivity index (χ3v) is 4.50. The molecule has 6 nitrogen and oxygen atoms in total. The normalized spacial score (nSPS) is 10.8. The Hall–Kier alpha value is -3.41. The summed E-state index contributed by atoms with van der Waals surface area (Å²) in [5.74, 6) is -0.0234. The highest BCUT2D eigenvalue weighted by atomic mass is 16.2. The lowest BCUT2D eigenvalue weighted by molar-refractivity contribution is -0.116. The number of amides is 1. The largest absolute Gasteiger partial charge is 0.331 e. The van der Waals surface area contributed by atoms with Crippen molar-refractivity contribution in [2.75, 3.05) is 5.32 Å². The van der Waals surface area contributed by atoms with Crippen LogP contribution in [-0.4, -0.2) is 15.0 Å². The minimum absolute atomic E-state index is 0.332. The van der Waals surface area contributed by atoms with Gasteiger partial charge in [-0.3, -0.25) is 18.7 Å². The van der Waals surface area contributed by atoms with Crippen molar-refractivity contribution in [3.05, 3.63) is 98.8 Å². The van der Waals surface area contributed by atoms with Gasteiger partial charge in [0, 0.05) is 18.0 Å². The lowest BCUT2D eigenvalue weighted by Crippen LogP contribution is -2.41. The van der Waals surface area contributed by atoms with Crippen LogP contribution in [0.25, 0.3) is 0 Å². The van der Waals surface area contributed by atoms with Crippen LogP contribution in [0, 0.1) is 0 Å². The van der Waals surface area contributed by atoms with E-state index in [1.807, 2.05) is 54.6 Å². The predicted octanol–water partition coefficient (Wildman–Crippen LogP) is 2.82. The zero-order valence-corrected chi connectivity index (χ0v) is 16.0. The molecule has 1 amide bonds. The maximum Gasteiger partial charge on any atom is 0.331 e. The minimum atomic E-state index is -0.512. The van der Waals surface area contributed by atoms with Gasteiger partial charge < -0.3 is 5.32 Å². The number of hydrogen-bond donors (Lipinski definition) is 1. The molecule has 0 bridgehead atoms. The van der Waals surface area contributed by atoms with Crippen molar-refractivity contribution in [3.63, 3.8) is 0 Å². The average Bonchev–Trinajstić information content (AvgIpc) is 2.68. The first kappa shape index (κ1) is 19.4. The lowest BCUT2D eigenvalue weighted by Gasteiger charge is -2.11. The number of aromatic nitrogens is 2. The number of nitrogens with zero attached hydrogens (tertiary/aromatic N) is 2. The minimum Gasteiger partial charge on any atom is -0.325 e. The Balaban J connectivity index is 1.76. The van der Waals surface area contributed by atoms with E-state index in [0.29, 0.717) is 18.2 Å². The summed E-state index contributed by atoms with van der Waals surface area (Å²) in [6.45, 7) is 4.18. The van der Waals surface area contributed by atoms with E-state index < -0.39 is 17.2 Å². The number of rotatable bonds is 6. The Labute approximate surface area is 163 Å². The summed E-state index contributed by atoms with van der Waals surface area (Å²) < 4.78 is 2.36. The van der Waals surface area contributed by atoms with Gasteiger partial charge in [-0.25, -0.2) is 4.79 Å². The second kappa shape index (κ2) is 8.52. The molecular formula is C22H23N3O3. The van der Waals surface area contributed by atoms with Gasteiger partial charge in [0.2, 0.25) is 5.91 Å². The molecule has 0 aliphatic carbocycles. The van der Waals surface area contributed by atoms with Gasteiger partial charge in [0.1, 0.15) is 6.54 Å². The van der Waals surface area contributed by atoms with Gasteiger partial charge in [-0.05, 0) is 29.2 Å². The highest BCUT2D eigenvalue weighted by Crippen LogP contribution is 2.17. The Kier molecular flexibility index (Phi) is 5.89. The first-order valence-electron chi connectivity index (χ1n) is 9.18. The number of carbonyl (C=O) groups is 1. The lowest BCUT2D eigenvalue weighted by atomic mass is 10.0. The highest BCUT2D eigenvalue weighted by Gasteiger charge is 2.11. The van der Waals surface area contributed by atoms with E-state index in [0.717, 1.165) is 10.1 Å². The number of benzene rings is 2. The summed E-state index contributed by atoms with van der Waals surface area (Å²) in [6.07, 6.45) is 1.46. The molecule has 1 aromatic heterocycles. The Morgan fingerprint density at radius 2 is 1.64 bits per heavy atom. The molecule has 0 saturated carbocycles. The SMILES string of the molecule is CC(C)c1ccc(NC(=O)Cn2c(=O)ccn(Cc3ccccc3)c2=O)cc1. The summed E-state index contributed by atoms with van der Waals surface area (Å²) in [7, 11) is 0. The summed E-state index contributed by atoms with van der Waals surface area (Å²) in [6, 6.07) is 18.3. The maximum atomic E-state index is 12.6. The molecule has 1 heterocycles. The zero-order chi connectivity index (χ0) is 20.1. The van der Waals surface area contributed by atoms with Crippen LogP contribution in [-0.2, 0) is 17.9 Å². The molecule has 3 aromatic rings. The summed E-state index contributed by atoms with van der Waals surface area (Å²) in [5.41, 5.74) is 1.72. The molecule has 0 radical (unpaired) electrons. The van der Waals surface area contributed by atoms with Crippen molar-refractivity contribution in [1.29, 1.82) is 0 Å². The maximum absolute atomic E-state index is 12.6. The molecule has 0 saturated heterocycles. The molecule has 2 aromatic carbocycles. The molecule has 0 aliphatic rings. The van der Waals surface area contributed by atoms with Crippen LogP contribution in [0.3, 0.4) is 0 Å². The number of carbonyl (C=O) groups excluding carboxylic acids is 1. The molecule has 28 heavy (non-hydrogen) atoms. The molecule has 1 N–H and O–H groups in total. The topological polar surface area (TPSA) is 73.1 Å². The van der Waals surface area contributed by atoms with Gasteiger partial charge in [-0.15, -0.1) is 0 Å². The standard InChI is InChI=1S/C22H23N3O3/c1-16(2)18-8-10-19(11-9-18)23-20(26)15-25-21(27)12-13-24(22(25)28)14-17-6-4-3-5-7-17/h3-13,16H,14-15H2,1-2H3,(H,23,26). The van der Waals surface area contributed by atoms with E-state index in [1.165, 1.54) is 22.4 Å². The van der Waals surface area contributed by atoms with Crippen molar-refractivity contribution >= 4 is 11.6 Å². The Morgan fingerprint density at radius 3 is 2.29 bits per heavy atom. The van der Waals surface area contributed by atoms with Crippen molar-refractivity contribution < 1.29 is 4.79 Å². The van der Waals surface area contributed by atoms with Crippen molar-refractivity contribution in [1.82, 2.24) is 9.13 Å². The number of nitrogens with one attached hydrogen (secondary N) is 1. The van der Waals surface area contributed by atoms with Crippen LogP contribution in [0.1, 0.15) is 30.9 Å². The number of hydrogen-bond acceptors (Lipinski definition) is 3. The van der Waals surface area contributed by atoms with Crippen LogP contribution in [0.5, 0.6) is 0 Å². The van der Waals surface area contributed by atoms with Crippen molar-refractivity contribution in [2.45, 2.75) is 32.9 Å². The van der Waals surface area contributed by atoms with Gasteiger partial charge in [-0.1, -0.05) is 56.3 Å². The quantitative estimate of drug-likeness (QED) is 0.718. The molecule has 0 spiro atoms. The Bertz CT molecular complexity index is 1060. The third-order valence-electron chi connectivity index (χ3n) is 4.50. The fourth-order valence-corrected chi connectivity index (χ4v) is 2.90. The predicted molar refractivity (Wildman–Crippen MR) is 110 cm³/mol. The van der Waals surface area contributed by atoms with Crippen LogP contribution < -0.4 is 16.6 Å². The van der Waals surface area contributed by atoms with E-state index in [4.69, 9.17) is 0 Å². The van der Waals surface area contributed by atoms with Crippen molar-refractivity contribution in [2.24, 2.45) is 0 Å². The van der Waals surface area contributed by atoms with E-state index in [9.17, 15) is 14.4 Å². The molecule has 0 fully saturated rings. The molecule has 3 rings (SSSR count). The first-order valence-corrected chi connectivity index (χ1v) is 9.18. The van der Waals surface area contributed by atoms with Crippen molar-refractivity contribution in [3.8, 4) is 0 Å². The molecular weight excluding hydrogens is 354 g/mol. The molecule has 144 valence electrons. The molecule has 0 aliphatic heterocycles. The van der Waals surface area contributed by atoms with Gasteiger partial charge in [0.05, 0.1) is 6.54 Å². The Morgan fingerprint density at radius 1 is 0.964 bits per heavy atom. The highest BCUT2D eigenvalue weighted by molar-refractivity contribution is 5.90. The van der Waals surface area contributed by atoms with E-state index >= 15 is 0 Å². The van der Waals surface area contributed by atoms with Gasteiger partial charge in [0.15, 0.2) is 0 Å². The zero-order valence-electron chi connectivity index (χ0n) is 16.0. The second-order valence-electron chi connectivity index (χ2n) is 6.96. The molecule has 0 unspecified atom stereocenters. The van der Waals surface area contributed by atoms with Gasteiger partial charge in [-0.2, -0.15) is 0 Å². The summed E-state index contributed by atoms with van der Waals surface area (Å²) in [5, 5.41) is 2.73. The second-order valence-corrected chi connectivity index (χ2v) is 6.96. The summed E-state index contributed by atoms with van der Waals surface area (Å²) in [4.78, 5) is 37.1. The smallest absolute Gasteiger partial charge is 0.325 e. The van der Waals surface area contributed by atoms with E-state index in [1.54, 1.807) is 0 Å². The van der Waals surface area contributed by atoms with Crippen LogP contribution >= 0.6 is 0 Å². The monoisotopic (exact) mass is 377 g/mol. The van der Waals surface area contributed by atoms with E-state index in [2.05, 4.69) is 19.2 Å². The van der Waals surface area contributed by atoms with E-state index in [-0.39, 0.29) is 6.54 Å². The van der Waals surface area contributed by atoms with Gasteiger partial charge in [0.25, 0.3) is 5.56 Å². The fraction of sp³-hybridized carbons (Fsp3) is 0.227. The molecule has 6 heteroatoms. The summed E-state index contributed by atoms with van der Waals surface area (Å²) >= 11 is 0. The average molecular weight is 377 g/mol. The fourth-order valence-electron chi connectivity index (χ4n) is 2.90. The molecule has 0 atom stereocenters. The third kappa shape index (κ3) is 4.65. The van der Waals surface area contributed by atoms with Crippen LogP contribution in [0.4, 0.5) is 5.69 Å². The first-order chi connectivity index (χ1) is 13.4. The van der Waals surface area contributed by atoms with Gasteiger partial charge >= 0.3 is 5.69 Å². The van der Waals surface area contributed by atoms with Crippen LogP contribution in [0.15, 0.2) is 76.4 Å². The van der Waals surface area contributed by atoms with Crippen LogP contribution in [0.2, 0.25) is 0 Å².